The number of halogens is 3. The standard InChI is InChI=1S/C9H15F3N2O3/c10-9(11,12)5-14(1-2-15)8(17)7-3-6(16)4-13-7/h6-7,13,15-16H,1-5H2. The smallest absolute Gasteiger partial charge is 0.395 e. The predicted octanol–water partition coefficient (Wildman–Crippen LogP) is -0.908. The summed E-state index contributed by atoms with van der Waals surface area (Å²) in [5, 5.41) is 20.5. The van der Waals surface area contributed by atoms with Gasteiger partial charge in [-0.25, -0.2) is 0 Å². The van der Waals surface area contributed by atoms with E-state index in [1.165, 1.54) is 0 Å². The van der Waals surface area contributed by atoms with Crippen molar-refractivity contribution in [1.29, 1.82) is 0 Å². The van der Waals surface area contributed by atoms with Gasteiger partial charge in [-0.2, -0.15) is 13.2 Å². The zero-order chi connectivity index (χ0) is 13.1. The first-order valence-corrected chi connectivity index (χ1v) is 5.21. The summed E-state index contributed by atoms with van der Waals surface area (Å²) in [5.41, 5.74) is 0. The maximum atomic E-state index is 12.2. The van der Waals surface area contributed by atoms with Crippen LogP contribution in [0.3, 0.4) is 0 Å². The van der Waals surface area contributed by atoms with Crippen LogP contribution in [0, 0.1) is 0 Å². The maximum Gasteiger partial charge on any atom is 0.406 e. The van der Waals surface area contributed by atoms with Gasteiger partial charge in [0.25, 0.3) is 0 Å². The van der Waals surface area contributed by atoms with E-state index in [0.717, 1.165) is 0 Å². The lowest BCUT2D eigenvalue weighted by Crippen LogP contribution is -2.48. The number of nitrogens with one attached hydrogen (secondary N) is 1. The van der Waals surface area contributed by atoms with Crippen molar-refractivity contribution in [3.63, 3.8) is 0 Å². The molecule has 100 valence electrons. The number of rotatable bonds is 4. The lowest BCUT2D eigenvalue weighted by atomic mass is 10.2. The van der Waals surface area contributed by atoms with Gasteiger partial charge in [0.2, 0.25) is 5.91 Å². The summed E-state index contributed by atoms with van der Waals surface area (Å²) in [4.78, 5) is 12.3. The zero-order valence-electron chi connectivity index (χ0n) is 9.07. The number of β-amino-alcohol motifs (C(OH)–C–C–N with tert-alkyl or cyclic N) is 1. The number of carbonyl (C=O) groups is 1. The zero-order valence-corrected chi connectivity index (χ0v) is 9.07. The highest BCUT2D eigenvalue weighted by Gasteiger charge is 2.37. The van der Waals surface area contributed by atoms with Crippen molar-refractivity contribution in [2.75, 3.05) is 26.2 Å². The van der Waals surface area contributed by atoms with E-state index in [1.54, 1.807) is 0 Å². The molecular weight excluding hydrogens is 241 g/mol. The number of nitrogens with zero attached hydrogens (tertiary/aromatic N) is 1. The molecule has 0 radical (unpaired) electrons. The molecule has 0 saturated carbocycles. The van der Waals surface area contributed by atoms with Gasteiger partial charge < -0.3 is 20.4 Å². The van der Waals surface area contributed by atoms with E-state index in [0.29, 0.717) is 4.90 Å². The molecule has 1 saturated heterocycles. The van der Waals surface area contributed by atoms with Gasteiger partial charge in [0.1, 0.15) is 6.54 Å². The van der Waals surface area contributed by atoms with Crippen molar-refractivity contribution in [2.24, 2.45) is 0 Å². The summed E-state index contributed by atoms with van der Waals surface area (Å²) in [5.74, 6) is -0.743. The topological polar surface area (TPSA) is 72.8 Å². The molecule has 2 atom stereocenters. The SMILES string of the molecule is O=C(C1CC(O)CN1)N(CCO)CC(F)(F)F. The third kappa shape index (κ3) is 4.49. The van der Waals surface area contributed by atoms with Crippen LogP contribution in [0.2, 0.25) is 0 Å². The van der Waals surface area contributed by atoms with Gasteiger partial charge in [0.15, 0.2) is 0 Å². The predicted molar refractivity (Wildman–Crippen MR) is 52.1 cm³/mol. The second-order valence-electron chi connectivity index (χ2n) is 3.95. The molecule has 1 rings (SSSR count). The summed E-state index contributed by atoms with van der Waals surface area (Å²) < 4.78 is 36.6. The van der Waals surface area contributed by atoms with Gasteiger partial charge >= 0.3 is 6.18 Å². The first kappa shape index (κ1) is 14.2. The fourth-order valence-electron chi connectivity index (χ4n) is 1.73. The normalized spacial score (nSPS) is 25.0. The fourth-order valence-corrected chi connectivity index (χ4v) is 1.73. The fraction of sp³-hybridized carbons (Fsp3) is 0.889. The lowest BCUT2D eigenvalue weighted by Gasteiger charge is -2.25. The van der Waals surface area contributed by atoms with E-state index in [-0.39, 0.29) is 19.5 Å². The van der Waals surface area contributed by atoms with Crippen molar-refractivity contribution in [1.82, 2.24) is 10.2 Å². The van der Waals surface area contributed by atoms with Crippen LogP contribution in [0.1, 0.15) is 6.42 Å². The second kappa shape index (κ2) is 5.65. The van der Waals surface area contributed by atoms with E-state index >= 15 is 0 Å². The molecule has 1 heterocycles. The summed E-state index contributed by atoms with van der Waals surface area (Å²) in [6.07, 6.45) is -5.12. The first-order valence-electron chi connectivity index (χ1n) is 5.21. The van der Waals surface area contributed by atoms with Crippen LogP contribution in [-0.4, -0.2) is 65.6 Å². The summed E-state index contributed by atoms with van der Waals surface area (Å²) >= 11 is 0. The van der Waals surface area contributed by atoms with Crippen molar-refractivity contribution in [3.05, 3.63) is 0 Å². The highest BCUT2D eigenvalue weighted by atomic mass is 19.4. The Hall–Kier alpha value is -0.860. The third-order valence-corrected chi connectivity index (χ3v) is 2.46. The summed E-state index contributed by atoms with van der Waals surface area (Å²) in [7, 11) is 0. The van der Waals surface area contributed by atoms with Crippen LogP contribution in [0.25, 0.3) is 0 Å². The van der Waals surface area contributed by atoms with Gasteiger partial charge in [0, 0.05) is 13.1 Å². The number of hydrogen-bond acceptors (Lipinski definition) is 4. The molecule has 1 amide bonds. The van der Waals surface area contributed by atoms with E-state index in [1.807, 2.05) is 0 Å². The van der Waals surface area contributed by atoms with Crippen LogP contribution in [0.5, 0.6) is 0 Å². The van der Waals surface area contributed by atoms with Crippen LogP contribution >= 0.6 is 0 Å². The molecule has 0 aliphatic carbocycles. The highest BCUT2D eigenvalue weighted by Crippen LogP contribution is 2.18. The van der Waals surface area contributed by atoms with E-state index in [2.05, 4.69) is 5.32 Å². The summed E-state index contributed by atoms with van der Waals surface area (Å²) in [6, 6.07) is -0.807. The largest absolute Gasteiger partial charge is 0.406 e. The Morgan fingerprint density at radius 1 is 1.47 bits per heavy atom. The van der Waals surface area contributed by atoms with Gasteiger partial charge in [-0.15, -0.1) is 0 Å². The van der Waals surface area contributed by atoms with E-state index in [9.17, 15) is 23.1 Å². The quantitative estimate of drug-likeness (QED) is 0.609. The minimum atomic E-state index is -4.50. The number of amides is 1. The van der Waals surface area contributed by atoms with Gasteiger partial charge in [0.05, 0.1) is 18.8 Å². The second-order valence-corrected chi connectivity index (χ2v) is 3.95. The van der Waals surface area contributed by atoms with E-state index < -0.39 is 37.4 Å². The Morgan fingerprint density at radius 2 is 2.12 bits per heavy atom. The Balaban J connectivity index is 2.60. The molecule has 3 N–H and O–H groups in total. The molecule has 0 aromatic carbocycles. The lowest BCUT2D eigenvalue weighted by molar-refractivity contribution is -0.163. The monoisotopic (exact) mass is 256 g/mol. The molecule has 8 heteroatoms. The number of aliphatic hydroxyl groups is 2. The molecule has 2 unspecified atom stereocenters. The Kier molecular flexibility index (Phi) is 4.72. The summed E-state index contributed by atoms with van der Waals surface area (Å²) in [6.45, 7) is -2.10. The third-order valence-electron chi connectivity index (χ3n) is 2.46. The average Bonchev–Trinajstić information content (AvgIpc) is 2.61. The Labute approximate surface area is 96.2 Å². The van der Waals surface area contributed by atoms with Gasteiger partial charge in [-0.3, -0.25) is 4.79 Å². The molecule has 0 aromatic heterocycles. The molecule has 17 heavy (non-hydrogen) atoms. The van der Waals surface area contributed by atoms with Crippen molar-refractivity contribution < 1.29 is 28.2 Å². The molecule has 0 spiro atoms. The molecular formula is C9H15F3N2O3. The molecule has 0 bridgehead atoms. The Bertz CT molecular complexity index is 273. The average molecular weight is 256 g/mol. The minimum absolute atomic E-state index is 0.0959. The number of hydrogen-bond donors (Lipinski definition) is 3. The van der Waals surface area contributed by atoms with Crippen LogP contribution in [-0.2, 0) is 4.79 Å². The first-order chi connectivity index (χ1) is 7.83. The van der Waals surface area contributed by atoms with Crippen LogP contribution < -0.4 is 5.32 Å². The van der Waals surface area contributed by atoms with Gasteiger partial charge in [-0.1, -0.05) is 0 Å². The van der Waals surface area contributed by atoms with Crippen LogP contribution in [0.4, 0.5) is 13.2 Å². The highest BCUT2D eigenvalue weighted by molar-refractivity contribution is 5.82. The molecule has 1 aliphatic heterocycles. The van der Waals surface area contributed by atoms with Crippen molar-refractivity contribution in [2.45, 2.75) is 24.7 Å². The van der Waals surface area contributed by atoms with E-state index in [4.69, 9.17) is 5.11 Å². The molecule has 1 aliphatic rings. The van der Waals surface area contributed by atoms with Crippen LogP contribution in [0.15, 0.2) is 0 Å². The molecule has 1 fully saturated rings. The number of alkyl halides is 3. The minimum Gasteiger partial charge on any atom is -0.395 e. The number of carbonyl (C=O) groups excluding carboxylic acids is 1. The maximum absolute atomic E-state index is 12.2. The van der Waals surface area contributed by atoms with Gasteiger partial charge in [-0.05, 0) is 6.42 Å². The molecule has 0 aromatic rings. The number of aliphatic hydroxyl groups excluding tert-OH is 2. The van der Waals surface area contributed by atoms with Crippen molar-refractivity contribution >= 4 is 5.91 Å². The van der Waals surface area contributed by atoms with Crippen molar-refractivity contribution in [3.8, 4) is 0 Å². The molecule has 5 nitrogen and oxygen atoms in total. The Morgan fingerprint density at radius 3 is 2.53 bits per heavy atom.